The number of hydrogen-bond donors (Lipinski definition) is 0. The zero-order valence-electron chi connectivity index (χ0n) is 19.3. The molecule has 1 aromatic heterocycles. The maximum atomic E-state index is 13.6. The summed E-state index contributed by atoms with van der Waals surface area (Å²) in [5.41, 5.74) is 4.73. The van der Waals surface area contributed by atoms with Gasteiger partial charge >= 0.3 is 0 Å². The fourth-order valence-corrected chi connectivity index (χ4v) is 3.76. The van der Waals surface area contributed by atoms with Gasteiger partial charge < -0.3 is 18.6 Å². The molecule has 0 fully saturated rings. The molecule has 0 aliphatic rings. The van der Waals surface area contributed by atoms with Gasteiger partial charge in [0.25, 0.3) is 0 Å². The summed E-state index contributed by atoms with van der Waals surface area (Å²) < 4.78 is 23.5. The highest BCUT2D eigenvalue weighted by Gasteiger charge is 2.25. The lowest BCUT2D eigenvalue weighted by Crippen LogP contribution is -2.10. The van der Waals surface area contributed by atoms with Crippen molar-refractivity contribution in [3.63, 3.8) is 0 Å². The van der Waals surface area contributed by atoms with Crippen LogP contribution in [0.3, 0.4) is 0 Å². The molecule has 31 heavy (non-hydrogen) atoms. The predicted molar refractivity (Wildman–Crippen MR) is 126 cm³/mol. The number of fused-ring (bicyclic) bond motifs is 2. The monoisotopic (exact) mass is 422 g/mol. The van der Waals surface area contributed by atoms with Gasteiger partial charge in [0, 0.05) is 11.1 Å². The first kappa shape index (κ1) is 22.5. The average molecular weight is 423 g/mol. The van der Waals surface area contributed by atoms with Crippen LogP contribution in [0.2, 0.25) is 0 Å². The number of para-hydroxylation sites is 1. The molecule has 0 bridgehead atoms. The smallest absolute Gasteiger partial charge is 0.204 e. The molecule has 0 saturated carbocycles. The highest BCUT2D eigenvalue weighted by Crippen LogP contribution is 2.42. The largest absolute Gasteiger partial charge is 0.496 e. The van der Waals surface area contributed by atoms with Crippen LogP contribution in [0.1, 0.15) is 38.8 Å². The molecule has 5 heteroatoms. The molecule has 1 heterocycles. The third-order valence-electron chi connectivity index (χ3n) is 5.26. The Hall–Kier alpha value is -3.21. The second-order valence-electron chi connectivity index (χ2n) is 7.97. The van der Waals surface area contributed by atoms with E-state index in [-0.39, 0.29) is 5.43 Å². The van der Waals surface area contributed by atoms with Gasteiger partial charge in [-0.3, -0.25) is 4.79 Å². The van der Waals surface area contributed by atoms with Gasteiger partial charge in [-0.15, -0.1) is 0 Å². The van der Waals surface area contributed by atoms with Crippen LogP contribution >= 0.6 is 0 Å². The fraction of sp³-hybridized carbons (Fsp3) is 0.346. The minimum atomic E-state index is -0.147. The van der Waals surface area contributed by atoms with Crippen molar-refractivity contribution in [2.75, 3.05) is 21.3 Å². The SMILES string of the molecule is COc1c(CC=C(C)C)c(OC)c2c(=O)c3cccc(OC)c3oc2c1CC=C(C)C. The van der Waals surface area contributed by atoms with Crippen molar-refractivity contribution in [1.82, 2.24) is 0 Å². The van der Waals surface area contributed by atoms with Crippen LogP contribution in [0.25, 0.3) is 21.9 Å². The molecule has 0 atom stereocenters. The number of hydrogen-bond acceptors (Lipinski definition) is 5. The van der Waals surface area contributed by atoms with Crippen molar-refractivity contribution in [2.45, 2.75) is 40.5 Å². The molecule has 0 N–H and O–H groups in total. The Morgan fingerprint density at radius 1 is 0.839 bits per heavy atom. The van der Waals surface area contributed by atoms with Gasteiger partial charge in [0.05, 0.1) is 26.7 Å². The Labute approximate surface area is 182 Å². The molecule has 0 saturated heterocycles. The lowest BCUT2D eigenvalue weighted by molar-refractivity contribution is 0.386. The Morgan fingerprint density at radius 3 is 2.00 bits per heavy atom. The summed E-state index contributed by atoms with van der Waals surface area (Å²) in [6, 6.07) is 5.32. The average Bonchev–Trinajstić information content (AvgIpc) is 2.75. The van der Waals surface area contributed by atoms with E-state index in [0.29, 0.717) is 52.0 Å². The third-order valence-corrected chi connectivity index (χ3v) is 5.26. The predicted octanol–water partition coefficient (Wildman–Crippen LogP) is 5.99. The molecule has 0 amide bonds. The minimum absolute atomic E-state index is 0.147. The van der Waals surface area contributed by atoms with E-state index in [9.17, 15) is 4.79 Å². The van der Waals surface area contributed by atoms with Crippen molar-refractivity contribution in [3.8, 4) is 17.2 Å². The summed E-state index contributed by atoms with van der Waals surface area (Å²) in [7, 11) is 4.77. The Bertz CT molecular complexity index is 1240. The van der Waals surface area contributed by atoms with E-state index >= 15 is 0 Å². The molecule has 0 spiro atoms. The van der Waals surface area contributed by atoms with E-state index in [1.807, 2.05) is 27.7 Å². The maximum absolute atomic E-state index is 13.6. The summed E-state index contributed by atoms with van der Waals surface area (Å²) in [5.74, 6) is 1.68. The Kier molecular flexibility index (Phi) is 6.74. The lowest BCUT2D eigenvalue weighted by atomic mass is 9.96. The van der Waals surface area contributed by atoms with Crippen LogP contribution in [0, 0.1) is 0 Å². The van der Waals surface area contributed by atoms with E-state index < -0.39 is 0 Å². The van der Waals surface area contributed by atoms with Gasteiger partial charge in [-0.05, 0) is 52.7 Å². The van der Waals surface area contributed by atoms with Crippen LogP contribution in [0.5, 0.6) is 17.2 Å². The van der Waals surface area contributed by atoms with E-state index in [2.05, 4.69) is 12.2 Å². The second kappa shape index (κ2) is 9.29. The van der Waals surface area contributed by atoms with Crippen LogP contribution in [0.4, 0.5) is 0 Å². The highest BCUT2D eigenvalue weighted by atomic mass is 16.5. The lowest BCUT2D eigenvalue weighted by Gasteiger charge is -2.19. The number of rotatable bonds is 7. The van der Waals surface area contributed by atoms with Crippen LogP contribution < -0.4 is 19.6 Å². The van der Waals surface area contributed by atoms with Crippen LogP contribution in [0.15, 0.2) is 50.7 Å². The first-order valence-electron chi connectivity index (χ1n) is 10.3. The highest BCUT2D eigenvalue weighted by molar-refractivity contribution is 5.98. The normalized spacial score (nSPS) is 10.8. The van der Waals surface area contributed by atoms with Crippen molar-refractivity contribution in [3.05, 3.63) is 62.8 Å². The molecular weight excluding hydrogens is 392 g/mol. The second-order valence-corrected chi connectivity index (χ2v) is 7.97. The molecule has 0 radical (unpaired) electrons. The van der Waals surface area contributed by atoms with Crippen molar-refractivity contribution in [2.24, 2.45) is 0 Å². The summed E-state index contributed by atoms with van der Waals surface area (Å²) in [5, 5.41) is 0.884. The molecule has 164 valence electrons. The zero-order chi connectivity index (χ0) is 22.7. The fourth-order valence-electron chi connectivity index (χ4n) is 3.76. The summed E-state index contributed by atoms with van der Waals surface area (Å²) in [6.45, 7) is 8.16. The zero-order valence-corrected chi connectivity index (χ0v) is 19.3. The maximum Gasteiger partial charge on any atom is 0.204 e. The van der Waals surface area contributed by atoms with Gasteiger partial charge in [-0.2, -0.15) is 0 Å². The molecule has 0 aliphatic carbocycles. The molecule has 2 aromatic carbocycles. The number of benzene rings is 2. The standard InChI is InChI=1S/C26H30O5/c1-15(2)11-13-18-23(29-6)19(14-12-16(3)4)26-21(25(18)30-7)22(27)17-9-8-10-20(28-5)24(17)31-26/h8-12H,13-14H2,1-7H3. The summed E-state index contributed by atoms with van der Waals surface area (Å²) in [4.78, 5) is 13.6. The molecule has 3 rings (SSSR count). The van der Waals surface area contributed by atoms with Gasteiger partial charge in [0.15, 0.2) is 11.3 Å². The molecule has 3 aromatic rings. The van der Waals surface area contributed by atoms with Gasteiger partial charge in [0.1, 0.15) is 22.5 Å². The number of ether oxygens (including phenoxy) is 3. The van der Waals surface area contributed by atoms with E-state index in [4.69, 9.17) is 18.6 Å². The number of methoxy groups -OCH3 is 3. The molecule has 0 aliphatic heterocycles. The van der Waals surface area contributed by atoms with E-state index in [1.165, 1.54) is 5.57 Å². The van der Waals surface area contributed by atoms with E-state index in [0.717, 1.165) is 16.7 Å². The van der Waals surface area contributed by atoms with Crippen molar-refractivity contribution < 1.29 is 18.6 Å². The third kappa shape index (κ3) is 4.18. The molecule has 5 nitrogen and oxygen atoms in total. The minimum Gasteiger partial charge on any atom is -0.496 e. The Morgan fingerprint density at radius 2 is 1.45 bits per heavy atom. The number of allylic oxidation sites excluding steroid dienone is 4. The molecule has 0 unspecified atom stereocenters. The van der Waals surface area contributed by atoms with Crippen LogP contribution in [-0.4, -0.2) is 21.3 Å². The first-order chi connectivity index (χ1) is 14.8. The van der Waals surface area contributed by atoms with Gasteiger partial charge in [-0.25, -0.2) is 0 Å². The van der Waals surface area contributed by atoms with Gasteiger partial charge in [-0.1, -0.05) is 29.4 Å². The van der Waals surface area contributed by atoms with Crippen molar-refractivity contribution >= 4 is 21.9 Å². The summed E-state index contributed by atoms with van der Waals surface area (Å²) in [6.07, 6.45) is 5.35. The first-order valence-corrected chi connectivity index (χ1v) is 10.3. The van der Waals surface area contributed by atoms with Crippen LogP contribution in [-0.2, 0) is 12.8 Å². The topological polar surface area (TPSA) is 57.9 Å². The summed E-state index contributed by atoms with van der Waals surface area (Å²) >= 11 is 0. The molecular formula is C26H30O5. The van der Waals surface area contributed by atoms with Crippen molar-refractivity contribution in [1.29, 1.82) is 0 Å². The van der Waals surface area contributed by atoms with Gasteiger partial charge in [0.2, 0.25) is 5.43 Å². The Balaban J connectivity index is 2.57. The van der Waals surface area contributed by atoms with E-state index in [1.54, 1.807) is 39.5 Å². The quantitative estimate of drug-likeness (QED) is 0.346.